The molecule has 0 radical (unpaired) electrons. The highest BCUT2D eigenvalue weighted by atomic mass is 32.1. The van der Waals surface area contributed by atoms with Crippen molar-refractivity contribution in [3.8, 4) is 5.69 Å². The SMILES string of the molecule is c1ccc(N2c3ccccc3B3c4c2cccc4-n2c4cc5sc6ccccc6c5cc4c4cccc3c42)cc1. The fourth-order valence-electron chi connectivity index (χ4n) is 7.42. The van der Waals surface area contributed by atoms with Gasteiger partial charge in [-0.1, -0.05) is 78.9 Å². The number of hydrogen-bond acceptors (Lipinski definition) is 2. The van der Waals surface area contributed by atoms with E-state index in [1.807, 2.05) is 11.3 Å². The van der Waals surface area contributed by atoms with Gasteiger partial charge in [0.2, 0.25) is 0 Å². The van der Waals surface area contributed by atoms with Crippen molar-refractivity contribution in [3.63, 3.8) is 0 Å². The second-order valence-corrected chi connectivity index (χ2v) is 12.0. The van der Waals surface area contributed by atoms with E-state index in [0.717, 1.165) is 0 Å². The highest BCUT2D eigenvalue weighted by molar-refractivity contribution is 7.25. The van der Waals surface area contributed by atoms with Crippen molar-refractivity contribution in [1.29, 1.82) is 0 Å². The van der Waals surface area contributed by atoms with Crippen LogP contribution in [0.5, 0.6) is 0 Å². The Morgan fingerprint density at radius 1 is 0.500 bits per heavy atom. The van der Waals surface area contributed by atoms with Crippen LogP contribution < -0.4 is 21.3 Å². The number of para-hydroxylation sites is 3. The van der Waals surface area contributed by atoms with E-state index in [-0.39, 0.29) is 6.71 Å². The summed E-state index contributed by atoms with van der Waals surface area (Å²) in [5.41, 5.74) is 11.8. The Morgan fingerprint density at radius 2 is 1.23 bits per heavy atom. The smallest absolute Gasteiger partial charge is 0.252 e. The third-order valence-electron chi connectivity index (χ3n) is 8.96. The summed E-state index contributed by atoms with van der Waals surface area (Å²) in [5, 5.41) is 5.37. The normalized spacial score (nSPS) is 13.4. The Hall–Kier alpha value is -4.80. The number of rotatable bonds is 1. The summed E-state index contributed by atoms with van der Waals surface area (Å²) in [5.74, 6) is 0. The van der Waals surface area contributed by atoms with Crippen molar-refractivity contribution in [2.24, 2.45) is 0 Å². The first-order chi connectivity index (χ1) is 19.9. The van der Waals surface area contributed by atoms with Crippen LogP contribution in [0.4, 0.5) is 17.1 Å². The zero-order chi connectivity index (χ0) is 25.9. The summed E-state index contributed by atoms with van der Waals surface area (Å²) in [4.78, 5) is 2.45. The summed E-state index contributed by atoms with van der Waals surface area (Å²) >= 11 is 1.90. The summed E-state index contributed by atoms with van der Waals surface area (Å²) in [6.07, 6.45) is 0. The molecule has 0 amide bonds. The van der Waals surface area contributed by atoms with Gasteiger partial charge in [-0.25, -0.2) is 0 Å². The molecular weight excluding hydrogens is 503 g/mol. The third-order valence-corrected chi connectivity index (χ3v) is 10.1. The molecule has 40 heavy (non-hydrogen) atoms. The number of thiophene rings is 1. The summed E-state index contributed by atoms with van der Waals surface area (Å²) < 4.78 is 5.24. The fourth-order valence-corrected chi connectivity index (χ4v) is 8.54. The Morgan fingerprint density at radius 3 is 2.17 bits per heavy atom. The fraction of sp³-hybridized carbons (Fsp3) is 0. The molecule has 2 aliphatic heterocycles. The van der Waals surface area contributed by atoms with Crippen molar-refractivity contribution >= 4 is 93.5 Å². The molecule has 4 heteroatoms. The van der Waals surface area contributed by atoms with Crippen LogP contribution in [0, 0.1) is 0 Å². The van der Waals surface area contributed by atoms with Crippen LogP contribution in [0.1, 0.15) is 0 Å². The van der Waals surface area contributed by atoms with E-state index in [9.17, 15) is 0 Å². The summed E-state index contributed by atoms with van der Waals surface area (Å²) in [7, 11) is 0. The maximum atomic E-state index is 2.55. The number of benzene rings is 6. The van der Waals surface area contributed by atoms with E-state index in [4.69, 9.17) is 0 Å². The Balaban J connectivity index is 1.38. The van der Waals surface area contributed by atoms with Crippen LogP contribution >= 0.6 is 11.3 Å². The first-order valence-electron chi connectivity index (χ1n) is 13.8. The number of anilines is 3. The van der Waals surface area contributed by atoms with Crippen LogP contribution in [0.25, 0.3) is 47.7 Å². The van der Waals surface area contributed by atoms with Gasteiger partial charge in [-0.05, 0) is 64.9 Å². The predicted octanol–water partition coefficient (Wildman–Crippen LogP) is 7.76. The van der Waals surface area contributed by atoms with E-state index >= 15 is 0 Å². The molecule has 0 spiro atoms. The molecule has 0 saturated heterocycles. The van der Waals surface area contributed by atoms with Gasteiger partial charge in [0.25, 0.3) is 6.71 Å². The summed E-state index contributed by atoms with van der Waals surface area (Å²) in [6, 6.07) is 47.2. The molecule has 2 aliphatic rings. The molecule has 0 saturated carbocycles. The molecule has 6 aromatic carbocycles. The van der Waals surface area contributed by atoms with Crippen molar-refractivity contribution < 1.29 is 0 Å². The minimum absolute atomic E-state index is 0.185. The van der Waals surface area contributed by atoms with Gasteiger partial charge in [-0.2, -0.15) is 0 Å². The van der Waals surface area contributed by atoms with Gasteiger partial charge < -0.3 is 9.47 Å². The first-order valence-corrected chi connectivity index (χ1v) is 14.6. The van der Waals surface area contributed by atoms with Gasteiger partial charge in [0.1, 0.15) is 0 Å². The van der Waals surface area contributed by atoms with Crippen LogP contribution in [0.2, 0.25) is 0 Å². The average molecular weight is 524 g/mol. The number of aromatic nitrogens is 1. The van der Waals surface area contributed by atoms with Gasteiger partial charge in [0.15, 0.2) is 0 Å². The van der Waals surface area contributed by atoms with E-state index in [2.05, 4.69) is 137 Å². The van der Waals surface area contributed by atoms with Gasteiger partial charge in [-0.3, -0.25) is 0 Å². The average Bonchev–Trinajstić information content (AvgIpc) is 3.54. The first kappa shape index (κ1) is 21.1. The molecule has 0 atom stereocenters. The molecule has 2 nitrogen and oxygen atoms in total. The van der Waals surface area contributed by atoms with E-state index < -0.39 is 0 Å². The standard InChI is InChI=1S/C36H21BN2S/c1-2-10-22(11-3-1)38-29-16-6-5-14-27(29)37-28-15-8-13-24-25-20-26-23-12-4-7-19-33(23)40-34(26)21-32(25)39(36(24)28)31-18-9-17-30(38)35(31)37/h1-21H. The quantitative estimate of drug-likeness (QED) is 0.199. The Bertz CT molecular complexity index is 2350. The molecule has 0 aliphatic carbocycles. The lowest BCUT2D eigenvalue weighted by Crippen LogP contribution is -2.60. The lowest BCUT2D eigenvalue weighted by atomic mass is 9.34. The minimum Gasteiger partial charge on any atom is -0.311 e. The van der Waals surface area contributed by atoms with E-state index in [1.165, 1.54) is 81.1 Å². The number of nitrogens with zero attached hydrogens (tertiary/aromatic N) is 2. The van der Waals surface area contributed by atoms with Crippen LogP contribution in [-0.4, -0.2) is 11.3 Å². The van der Waals surface area contributed by atoms with Crippen molar-refractivity contribution in [3.05, 3.63) is 127 Å². The maximum Gasteiger partial charge on any atom is 0.252 e. The van der Waals surface area contributed by atoms with Crippen molar-refractivity contribution in [1.82, 2.24) is 4.57 Å². The molecule has 8 aromatic rings. The second kappa shape index (κ2) is 7.44. The zero-order valence-electron chi connectivity index (χ0n) is 21.5. The highest BCUT2D eigenvalue weighted by Crippen LogP contribution is 2.43. The molecule has 0 unspecified atom stereocenters. The number of hydrogen-bond donors (Lipinski definition) is 0. The molecule has 0 N–H and O–H groups in total. The highest BCUT2D eigenvalue weighted by Gasteiger charge is 2.41. The van der Waals surface area contributed by atoms with Gasteiger partial charge in [0.05, 0.1) is 5.52 Å². The number of fused-ring (bicyclic) bond motifs is 10. The topological polar surface area (TPSA) is 8.17 Å². The third kappa shape index (κ3) is 2.51. The van der Waals surface area contributed by atoms with Gasteiger partial charge in [-0.15, -0.1) is 11.3 Å². The lowest BCUT2D eigenvalue weighted by Gasteiger charge is -2.40. The van der Waals surface area contributed by atoms with Crippen LogP contribution in [0.15, 0.2) is 127 Å². The molecule has 184 valence electrons. The van der Waals surface area contributed by atoms with E-state index in [0.29, 0.717) is 0 Å². The van der Waals surface area contributed by atoms with E-state index in [1.54, 1.807) is 0 Å². The minimum atomic E-state index is 0.185. The van der Waals surface area contributed by atoms with Gasteiger partial charge in [0, 0.05) is 59.2 Å². The van der Waals surface area contributed by atoms with Crippen molar-refractivity contribution in [2.75, 3.05) is 4.90 Å². The zero-order valence-corrected chi connectivity index (χ0v) is 22.3. The Labute approximate surface area is 235 Å². The van der Waals surface area contributed by atoms with Crippen molar-refractivity contribution in [2.45, 2.75) is 0 Å². The molecule has 0 fully saturated rings. The summed E-state index contributed by atoms with van der Waals surface area (Å²) in [6.45, 7) is 0.185. The van der Waals surface area contributed by atoms with Crippen LogP contribution in [-0.2, 0) is 0 Å². The lowest BCUT2D eigenvalue weighted by molar-refractivity contribution is 1.18. The molecule has 0 bridgehead atoms. The Kier molecular flexibility index (Phi) is 3.92. The molecule has 2 aromatic heterocycles. The van der Waals surface area contributed by atoms with Crippen LogP contribution in [0.3, 0.4) is 0 Å². The molecular formula is C36H21BN2S. The monoisotopic (exact) mass is 524 g/mol. The molecule has 4 heterocycles. The maximum absolute atomic E-state index is 2.55. The second-order valence-electron chi connectivity index (χ2n) is 10.9. The largest absolute Gasteiger partial charge is 0.311 e. The predicted molar refractivity (Wildman–Crippen MR) is 173 cm³/mol. The van der Waals surface area contributed by atoms with Gasteiger partial charge >= 0.3 is 0 Å². The molecule has 10 rings (SSSR count).